The summed E-state index contributed by atoms with van der Waals surface area (Å²) in [6.45, 7) is 3.26. The van der Waals surface area contributed by atoms with Gasteiger partial charge in [-0.05, 0) is 49.9 Å². The minimum atomic E-state index is 0.826. The molecule has 2 heteroatoms. The molecule has 0 atom stereocenters. The standard InChI is InChI=1S/C12H16BrN/c1-9-8-10(2-5-12(9)13)6-7-14-11-3-4-11/h2,5,8,11,14H,3-4,6-7H2,1H3. The zero-order chi connectivity index (χ0) is 9.97. The van der Waals surface area contributed by atoms with Gasteiger partial charge in [0.2, 0.25) is 0 Å². The molecule has 0 aromatic heterocycles. The van der Waals surface area contributed by atoms with Gasteiger partial charge in [0.25, 0.3) is 0 Å². The lowest BCUT2D eigenvalue weighted by Gasteiger charge is -2.05. The molecule has 0 amide bonds. The maximum absolute atomic E-state index is 3.53. The lowest BCUT2D eigenvalue weighted by molar-refractivity contribution is 0.682. The van der Waals surface area contributed by atoms with E-state index >= 15 is 0 Å². The van der Waals surface area contributed by atoms with Gasteiger partial charge in [-0.3, -0.25) is 0 Å². The van der Waals surface area contributed by atoms with Crippen LogP contribution in [0.3, 0.4) is 0 Å². The van der Waals surface area contributed by atoms with Gasteiger partial charge in [-0.2, -0.15) is 0 Å². The summed E-state index contributed by atoms with van der Waals surface area (Å²) in [5.74, 6) is 0. The van der Waals surface area contributed by atoms with Crippen LogP contribution >= 0.6 is 15.9 Å². The Morgan fingerprint density at radius 3 is 2.86 bits per heavy atom. The average molecular weight is 254 g/mol. The highest BCUT2D eigenvalue weighted by Gasteiger charge is 2.19. The number of nitrogens with one attached hydrogen (secondary N) is 1. The van der Waals surface area contributed by atoms with Gasteiger partial charge >= 0.3 is 0 Å². The van der Waals surface area contributed by atoms with E-state index in [9.17, 15) is 0 Å². The monoisotopic (exact) mass is 253 g/mol. The highest BCUT2D eigenvalue weighted by atomic mass is 79.9. The van der Waals surface area contributed by atoms with Crippen molar-refractivity contribution in [3.8, 4) is 0 Å². The van der Waals surface area contributed by atoms with Crippen molar-refractivity contribution in [3.05, 3.63) is 33.8 Å². The van der Waals surface area contributed by atoms with Crippen molar-refractivity contribution in [2.24, 2.45) is 0 Å². The lowest BCUT2D eigenvalue weighted by atomic mass is 10.1. The van der Waals surface area contributed by atoms with Crippen molar-refractivity contribution >= 4 is 15.9 Å². The van der Waals surface area contributed by atoms with Crippen LogP contribution in [0.25, 0.3) is 0 Å². The molecular formula is C12H16BrN. The van der Waals surface area contributed by atoms with Gasteiger partial charge in [0.15, 0.2) is 0 Å². The van der Waals surface area contributed by atoms with E-state index in [1.54, 1.807) is 0 Å². The largest absolute Gasteiger partial charge is 0.314 e. The van der Waals surface area contributed by atoms with Crippen LogP contribution in [0.5, 0.6) is 0 Å². The van der Waals surface area contributed by atoms with Crippen LogP contribution < -0.4 is 5.32 Å². The molecule has 1 aliphatic rings. The van der Waals surface area contributed by atoms with Gasteiger partial charge < -0.3 is 5.32 Å². The van der Waals surface area contributed by atoms with Crippen LogP contribution in [0.2, 0.25) is 0 Å². The third kappa shape index (κ3) is 2.82. The van der Waals surface area contributed by atoms with Crippen molar-refractivity contribution in [3.63, 3.8) is 0 Å². The Morgan fingerprint density at radius 1 is 1.43 bits per heavy atom. The van der Waals surface area contributed by atoms with E-state index in [1.165, 1.54) is 28.4 Å². The Labute approximate surface area is 94.0 Å². The molecule has 0 spiro atoms. The Morgan fingerprint density at radius 2 is 2.21 bits per heavy atom. The van der Waals surface area contributed by atoms with Crippen molar-refractivity contribution in [1.82, 2.24) is 5.32 Å². The van der Waals surface area contributed by atoms with Gasteiger partial charge in [-0.1, -0.05) is 28.1 Å². The maximum atomic E-state index is 3.53. The second kappa shape index (κ2) is 4.45. The van der Waals surface area contributed by atoms with Crippen molar-refractivity contribution < 1.29 is 0 Å². The normalized spacial score (nSPS) is 15.9. The molecule has 0 radical (unpaired) electrons. The first-order valence-electron chi connectivity index (χ1n) is 5.24. The van der Waals surface area contributed by atoms with Crippen molar-refractivity contribution in [2.45, 2.75) is 32.2 Å². The number of hydrogen-bond donors (Lipinski definition) is 1. The highest BCUT2D eigenvalue weighted by molar-refractivity contribution is 9.10. The Bertz CT molecular complexity index is 318. The fraction of sp³-hybridized carbons (Fsp3) is 0.500. The lowest BCUT2D eigenvalue weighted by Crippen LogP contribution is -2.19. The van der Waals surface area contributed by atoms with Crippen LogP contribution in [-0.4, -0.2) is 12.6 Å². The molecule has 0 unspecified atom stereocenters. The first kappa shape index (κ1) is 10.2. The molecule has 1 fully saturated rings. The molecule has 1 aliphatic carbocycles. The molecule has 1 saturated carbocycles. The number of rotatable bonds is 4. The van der Waals surface area contributed by atoms with Gasteiger partial charge in [0.05, 0.1) is 0 Å². The summed E-state index contributed by atoms with van der Waals surface area (Å²) in [4.78, 5) is 0. The summed E-state index contributed by atoms with van der Waals surface area (Å²) >= 11 is 3.52. The Balaban J connectivity index is 1.85. The van der Waals surface area contributed by atoms with E-state index < -0.39 is 0 Å². The maximum Gasteiger partial charge on any atom is 0.0204 e. The Kier molecular flexibility index (Phi) is 3.24. The first-order chi connectivity index (χ1) is 6.75. The summed E-state index contributed by atoms with van der Waals surface area (Å²) in [6, 6.07) is 7.43. The van der Waals surface area contributed by atoms with E-state index in [1.807, 2.05) is 0 Å². The molecule has 1 aromatic rings. The van der Waals surface area contributed by atoms with E-state index in [4.69, 9.17) is 0 Å². The number of aryl methyl sites for hydroxylation is 1. The fourth-order valence-electron chi connectivity index (χ4n) is 1.57. The van der Waals surface area contributed by atoms with Crippen LogP contribution in [0.4, 0.5) is 0 Å². The van der Waals surface area contributed by atoms with Crippen LogP contribution in [0.1, 0.15) is 24.0 Å². The summed E-state index contributed by atoms with van der Waals surface area (Å²) < 4.78 is 1.21. The fourth-order valence-corrected chi connectivity index (χ4v) is 1.82. The molecule has 76 valence electrons. The van der Waals surface area contributed by atoms with E-state index in [2.05, 4.69) is 46.4 Å². The second-order valence-corrected chi connectivity index (χ2v) is 4.92. The average Bonchev–Trinajstić information content (AvgIpc) is 2.95. The zero-order valence-electron chi connectivity index (χ0n) is 8.52. The predicted octanol–water partition coefficient (Wildman–Crippen LogP) is 3.05. The third-order valence-corrected chi connectivity index (χ3v) is 3.54. The van der Waals surface area contributed by atoms with Crippen LogP contribution in [-0.2, 0) is 6.42 Å². The molecule has 1 nitrogen and oxygen atoms in total. The van der Waals surface area contributed by atoms with Crippen molar-refractivity contribution in [1.29, 1.82) is 0 Å². The molecule has 2 rings (SSSR count). The zero-order valence-corrected chi connectivity index (χ0v) is 10.1. The molecule has 14 heavy (non-hydrogen) atoms. The highest BCUT2D eigenvalue weighted by Crippen LogP contribution is 2.19. The van der Waals surface area contributed by atoms with Crippen LogP contribution in [0.15, 0.2) is 22.7 Å². The summed E-state index contributed by atoms with van der Waals surface area (Å²) in [7, 11) is 0. The summed E-state index contributed by atoms with van der Waals surface area (Å²) in [5, 5.41) is 3.53. The first-order valence-corrected chi connectivity index (χ1v) is 6.03. The summed E-state index contributed by atoms with van der Waals surface area (Å²) in [5.41, 5.74) is 2.76. The quantitative estimate of drug-likeness (QED) is 0.870. The second-order valence-electron chi connectivity index (χ2n) is 4.06. The number of benzene rings is 1. The van der Waals surface area contributed by atoms with Gasteiger partial charge in [0.1, 0.15) is 0 Å². The van der Waals surface area contributed by atoms with Gasteiger partial charge in [-0.15, -0.1) is 0 Å². The topological polar surface area (TPSA) is 12.0 Å². The van der Waals surface area contributed by atoms with E-state index in [0.29, 0.717) is 0 Å². The molecule has 0 aliphatic heterocycles. The SMILES string of the molecule is Cc1cc(CCNC2CC2)ccc1Br. The molecular weight excluding hydrogens is 238 g/mol. The minimum absolute atomic E-state index is 0.826. The Hall–Kier alpha value is -0.340. The van der Waals surface area contributed by atoms with Gasteiger partial charge in [0, 0.05) is 10.5 Å². The minimum Gasteiger partial charge on any atom is -0.314 e. The number of halogens is 1. The number of hydrogen-bond acceptors (Lipinski definition) is 1. The van der Waals surface area contributed by atoms with E-state index in [0.717, 1.165) is 19.0 Å². The molecule has 1 aromatic carbocycles. The third-order valence-electron chi connectivity index (χ3n) is 2.65. The van der Waals surface area contributed by atoms with E-state index in [-0.39, 0.29) is 0 Å². The molecule has 0 bridgehead atoms. The summed E-state index contributed by atoms with van der Waals surface area (Å²) in [6.07, 6.45) is 3.89. The predicted molar refractivity (Wildman–Crippen MR) is 63.6 cm³/mol. The van der Waals surface area contributed by atoms with Crippen molar-refractivity contribution in [2.75, 3.05) is 6.54 Å². The smallest absolute Gasteiger partial charge is 0.0204 e. The molecule has 1 N–H and O–H groups in total. The molecule has 0 heterocycles. The van der Waals surface area contributed by atoms with Gasteiger partial charge in [-0.25, -0.2) is 0 Å². The molecule has 0 saturated heterocycles. The van der Waals surface area contributed by atoms with Crippen LogP contribution in [0, 0.1) is 6.92 Å².